The molecule has 4 fully saturated rings. The van der Waals surface area contributed by atoms with Gasteiger partial charge in [-0.2, -0.15) is 12.7 Å². The van der Waals surface area contributed by atoms with Crippen LogP contribution >= 0.6 is 0 Å². The molecule has 0 heterocycles. The lowest BCUT2D eigenvalue weighted by molar-refractivity contribution is -0.0518. The lowest BCUT2D eigenvalue weighted by atomic mass is 9.53. The van der Waals surface area contributed by atoms with Gasteiger partial charge in [0.15, 0.2) is 0 Å². The van der Waals surface area contributed by atoms with Crippen molar-refractivity contribution < 1.29 is 13.0 Å². The molecule has 0 aromatic carbocycles. The van der Waals surface area contributed by atoms with E-state index < -0.39 is 10.3 Å². The fraction of sp³-hybridized carbons (Fsp3) is 1.00. The van der Waals surface area contributed by atoms with E-state index in [4.69, 9.17) is 0 Å². The molecule has 4 saturated carbocycles. The molecule has 0 saturated heterocycles. The van der Waals surface area contributed by atoms with Crippen LogP contribution < -0.4 is 0 Å². The lowest BCUT2D eigenvalue weighted by Gasteiger charge is -2.58. The van der Waals surface area contributed by atoms with Crippen molar-refractivity contribution in [2.75, 3.05) is 7.05 Å². The van der Waals surface area contributed by atoms with Gasteiger partial charge in [-0.15, -0.1) is 0 Å². The molecule has 0 aromatic heterocycles. The summed E-state index contributed by atoms with van der Waals surface area (Å²) in [4.78, 5) is 0. The van der Waals surface area contributed by atoms with E-state index in [-0.39, 0.29) is 5.54 Å². The Balaban J connectivity index is 1.94. The van der Waals surface area contributed by atoms with Crippen molar-refractivity contribution in [2.45, 2.75) is 44.1 Å². The van der Waals surface area contributed by atoms with Gasteiger partial charge in [0, 0.05) is 12.6 Å². The van der Waals surface area contributed by atoms with E-state index in [1.54, 1.807) is 7.05 Å². The van der Waals surface area contributed by atoms with E-state index in [0.29, 0.717) is 17.8 Å². The van der Waals surface area contributed by atoms with Gasteiger partial charge in [-0.1, -0.05) is 0 Å². The van der Waals surface area contributed by atoms with Gasteiger partial charge in [-0.3, -0.25) is 4.55 Å². The van der Waals surface area contributed by atoms with Crippen LogP contribution in [0.3, 0.4) is 0 Å². The third kappa shape index (κ3) is 1.52. The molecule has 0 spiro atoms. The van der Waals surface area contributed by atoms with Gasteiger partial charge in [0.25, 0.3) is 0 Å². The van der Waals surface area contributed by atoms with Crippen LogP contribution in [0.2, 0.25) is 0 Å². The summed E-state index contributed by atoms with van der Waals surface area (Å²) in [5.41, 5.74) is -0.262. The molecule has 4 rings (SSSR count). The molecule has 0 radical (unpaired) electrons. The largest absolute Gasteiger partial charge is 0.336 e. The fourth-order valence-electron chi connectivity index (χ4n) is 4.70. The van der Waals surface area contributed by atoms with E-state index in [9.17, 15) is 13.0 Å². The van der Waals surface area contributed by atoms with Crippen LogP contribution in [-0.4, -0.2) is 29.9 Å². The molecule has 0 atom stereocenters. The second kappa shape index (κ2) is 3.21. The zero-order valence-electron chi connectivity index (χ0n) is 9.59. The summed E-state index contributed by atoms with van der Waals surface area (Å²) in [5, 5.41) is 0. The van der Waals surface area contributed by atoms with E-state index >= 15 is 0 Å². The maximum Gasteiger partial charge on any atom is 0.336 e. The van der Waals surface area contributed by atoms with Crippen LogP contribution in [0.1, 0.15) is 38.5 Å². The molecule has 4 bridgehead atoms. The number of nitrogens with zero attached hydrogens (tertiary/aromatic N) is 1. The molecule has 0 amide bonds. The zero-order valence-corrected chi connectivity index (χ0v) is 10.4. The molecule has 0 aromatic rings. The molecule has 4 nitrogen and oxygen atoms in total. The Bertz CT molecular complexity index is 368. The van der Waals surface area contributed by atoms with Crippen LogP contribution in [0.4, 0.5) is 0 Å². The molecule has 0 aliphatic heterocycles. The maximum atomic E-state index is 11.3. The molecule has 0 unspecified atom stereocenters. The van der Waals surface area contributed by atoms with E-state index in [1.807, 2.05) is 0 Å². The first-order valence-corrected chi connectivity index (χ1v) is 7.50. The van der Waals surface area contributed by atoms with Gasteiger partial charge < -0.3 is 0 Å². The van der Waals surface area contributed by atoms with Gasteiger partial charge in [0.2, 0.25) is 0 Å². The highest BCUT2D eigenvalue weighted by molar-refractivity contribution is 7.83. The summed E-state index contributed by atoms with van der Waals surface area (Å²) in [7, 11) is -2.49. The van der Waals surface area contributed by atoms with Gasteiger partial charge in [0.05, 0.1) is 0 Å². The van der Waals surface area contributed by atoms with Gasteiger partial charge in [-0.05, 0) is 56.3 Å². The van der Waals surface area contributed by atoms with Crippen molar-refractivity contribution >= 4 is 10.3 Å². The smallest absolute Gasteiger partial charge is 0.273 e. The number of hydrogen-bond acceptors (Lipinski definition) is 2. The lowest BCUT2D eigenvalue weighted by Crippen LogP contribution is -2.60. The first-order chi connectivity index (χ1) is 7.39. The highest BCUT2D eigenvalue weighted by atomic mass is 32.2. The van der Waals surface area contributed by atoms with Gasteiger partial charge >= 0.3 is 10.3 Å². The van der Waals surface area contributed by atoms with Crippen LogP contribution in [0.15, 0.2) is 0 Å². The van der Waals surface area contributed by atoms with Crippen molar-refractivity contribution in [1.29, 1.82) is 0 Å². The molecular weight excluding hydrogens is 226 g/mol. The molecule has 1 N–H and O–H groups in total. The Labute approximate surface area is 96.9 Å². The molecule has 16 heavy (non-hydrogen) atoms. The summed E-state index contributed by atoms with van der Waals surface area (Å²) in [5.74, 6) is 2.07. The second-order valence-electron chi connectivity index (χ2n) is 6.09. The molecule has 4 aliphatic rings. The fourth-order valence-corrected chi connectivity index (χ4v) is 5.41. The third-order valence-corrected chi connectivity index (χ3v) is 6.10. The second-order valence-corrected chi connectivity index (χ2v) is 7.53. The summed E-state index contributed by atoms with van der Waals surface area (Å²) >= 11 is 0. The first kappa shape index (κ1) is 11.0. The van der Waals surface area contributed by atoms with Gasteiger partial charge in [0.1, 0.15) is 0 Å². The Hall–Kier alpha value is -0.130. The first-order valence-electron chi connectivity index (χ1n) is 6.10. The topological polar surface area (TPSA) is 57.6 Å². The molecular formula is C11H19NO3S. The summed E-state index contributed by atoms with van der Waals surface area (Å²) in [6, 6.07) is 0. The third-order valence-electron chi connectivity index (χ3n) is 5.02. The minimum absolute atomic E-state index is 0.262. The molecule has 92 valence electrons. The Morgan fingerprint density at radius 1 is 1.06 bits per heavy atom. The van der Waals surface area contributed by atoms with Crippen molar-refractivity contribution in [3.8, 4) is 0 Å². The van der Waals surface area contributed by atoms with E-state index in [0.717, 1.165) is 19.3 Å². The van der Waals surface area contributed by atoms with Crippen LogP contribution in [0.25, 0.3) is 0 Å². The normalized spacial score (nSPS) is 46.6. The minimum atomic E-state index is -4.03. The highest BCUT2D eigenvalue weighted by Crippen LogP contribution is 2.57. The van der Waals surface area contributed by atoms with Crippen molar-refractivity contribution in [3.63, 3.8) is 0 Å². The van der Waals surface area contributed by atoms with Crippen LogP contribution in [0.5, 0.6) is 0 Å². The maximum absolute atomic E-state index is 11.3. The Morgan fingerprint density at radius 3 is 1.75 bits per heavy atom. The summed E-state index contributed by atoms with van der Waals surface area (Å²) in [6.45, 7) is 0. The van der Waals surface area contributed by atoms with Gasteiger partial charge in [-0.25, -0.2) is 0 Å². The van der Waals surface area contributed by atoms with Crippen LogP contribution in [-0.2, 0) is 10.3 Å². The van der Waals surface area contributed by atoms with Crippen molar-refractivity contribution in [2.24, 2.45) is 17.8 Å². The average molecular weight is 245 g/mol. The Kier molecular flexibility index (Phi) is 2.20. The monoisotopic (exact) mass is 245 g/mol. The number of hydrogen-bond donors (Lipinski definition) is 1. The van der Waals surface area contributed by atoms with E-state index in [1.165, 1.54) is 23.6 Å². The molecule has 4 aliphatic carbocycles. The molecule has 5 heteroatoms. The zero-order chi connectivity index (χ0) is 11.6. The minimum Gasteiger partial charge on any atom is -0.273 e. The Morgan fingerprint density at radius 2 is 1.44 bits per heavy atom. The SMILES string of the molecule is CN(C12CC3CC(CC(C3)C1)C2)S(=O)(=O)O. The number of rotatable bonds is 2. The summed E-state index contributed by atoms with van der Waals surface area (Å²) < 4.78 is 33.2. The summed E-state index contributed by atoms with van der Waals surface area (Å²) in [6.07, 6.45) is 6.69. The predicted molar refractivity (Wildman–Crippen MR) is 60.2 cm³/mol. The quantitative estimate of drug-likeness (QED) is 0.753. The predicted octanol–water partition coefficient (Wildman–Crippen LogP) is 1.69. The van der Waals surface area contributed by atoms with E-state index in [2.05, 4.69) is 0 Å². The van der Waals surface area contributed by atoms with Crippen LogP contribution in [0, 0.1) is 17.8 Å². The highest BCUT2D eigenvalue weighted by Gasteiger charge is 2.54. The average Bonchev–Trinajstić information content (AvgIpc) is 2.12. The standard InChI is InChI=1S/C11H19NO3S/c1-12(16(13,14)15)11-5-8-2-9(6-11)4-10(3-8)7-11/h8-10H,2-7H2,1H3,(H,13,14,15). The van der Waals surface area contributed by atoms with Crippen molar-refractivity contribution in [1.82, 2.24) is 4.31 Å². The van der Waals surface area contributed by atoms with Crippen molar-refractivity contribution in [3.05, 3.63) is 0 Å².